The summed E-state index contributed by atoms with van der Waals surface area (Å²) in [7, 11) is 0. The Morgan fingerprint density at radius 2 is 1.03 bits per heavy atom. The first kappa shape index (κ1) is 22.6. The van der Waals surface area contributed by atoms with Crippen LogP contribution in [0.2, 0.25) is 0 Å². The quantitative estimate of drug-likeness (QED) is 0.403. The summed E-state index contributed by atoms with van der Waals surface area (Å²) in [6.45, 7) is 0. The van der Waals surface area contributed by atoms with Gasteiger partial charge in [-0.2, -0.15) is 39.5 Å². The lowest BCUT2D eigenvalue weighted by Gasteiger charge is -2.33. The molecule has 0 unspecified atom stereocenters. The van der Waals surface area contributed by atoms with Crippen LogP contribution in [-0.4, -0.2) is 28.0 Å². The van der Waals surface area contributed by atoms with Crippen molar-refractivity contribution < 1.29 is 39.5 Å². The Balaban J connectivity index is 2.24. The molecule has 0 fully saturated rings. The molecule has 0 amide bonds. The van der Waals surface area contributed by atoms with Gasteiger partial charge in [0.05, 0.1) is 5.69 Å². The topological polar surface area (TPSA) is 25.8 Å². The molecule has 0 saturated carbocycles. The Bertz CT molecular complexity index is 992. The molecule has 31 heavy (non-hydrogen) atoms. The van der Waals surface area contributed by atoms with Crippen molar-refractivity contribution in [2.75, 3.05) is 0 Å². The highest BCUT2D eigenvalue weighted by atomic mass is 19.4. The highest BCUT2D eigenvalue weighted by Gasteiger charge is 2.82. The molecular formula is C20H11F9N2. The van der Waals surface area contributed by atoms with Gasteiger partial charge >= 0.3 is 23.9 Å². The molecule has 2 aromatic carbocycles. The van der Waals surface area contributed by atoms with Gasteiger partial charge in [0.25, 0.3) is 0 Å². The van der Waals surface area contributed by atoms with Crippen LogP contribution >= 0.6 is 0 Å². The number of hydrogen-bond donors (Lipinski definition) is 0. The van der Waals surface area contributed by atoms with Crippen LogP contribution in [0.15, 0.2) is 66.7 Å². The average Bonchev–Trinajstić information content (AvgIpc) is 2.73. The molecule has 3 aromatic rings. The average molecular weight is 450 g/mol. The molecule has 0 aliphatic carbocycles. The zero-order valence-electron chi connectivity index (χ0n) is 15.1. The summed E-state index contributed by atoms with van der Waals surface area (Å²) in [5, 5.41) is 0. The molecule has 1 aromatic heterocycles. The number of aromatic nitrogens is 2. The maximum Gasteiger partial charge on any atom is 0.460 e. The van der Waals surface area contributed by atoms with Crippen LogP contribution in [0.4, 0.5) is 39.5 Å². The summed E-state index contributed by atoms with van der Waals surface area (Å²) >= 11 is 0. The van der Waals surface area contributed by atoms with Crippen molar-refractivity contribution in [1.29, 1.82) is 0 Å². The molecule has 0 N–H and O–H groups in total. The van der Waals surface area contributed by atoms with E-state index >= 15 is 0 Å². The summed E-state index contributed by atoms with van der Waals surface area (Å²) in [6.07, 6.45) is -6.92. The van der Waals surface area contributed by atoms with Crippen molar-refractivity contribution in [3.63, 3.8) is 0 Å². The minimum Gasteiger partial charge on any atom is -0.228 e. The second-order valence-corrected chi connectivity index (χ2v) is 6.42. The van der Waals surface area contributed by atoms with Crippen LogP contribution in [0, 0.1) is 0 Å². The molecule has 2 nitrogen and oxygen atoms in total. The van der Waals surface area contributed by atoms with Gasteiger partial charge in [0.1, 0.15) is 5.69 Å². The number of nitrogens with zero attached hydrogens (tertiary/aromatic N) is 2. The largest absolute Gasteiger partial charge is 0.460 e. The number of alkyl halides is 9. The lowest BCUT2D eigenvalue weighted by atomic mass is 9.99. The van der Waals surface area contributed by atoms with E-state index in [0.29, 0.717) is 0 Å². The first-order chi connectivity index (χ1) is 14.3. The third-order valence-corrected chi connectivity index (χ3v) is 4.29. The van der Waals surface area contributed by atoms with Crippen LogP contribution in [0.25, 0.3) is 22.6 Å². The van der Waals surface area contributed by atoms with Gasteiger partial charge in [-0.05, 0) is 6.07 Å². The molecular weight excluding hydrogens is 439 g/mol. The monoisotopic (exact) mass is 450 g/mol. The summed E-state index contributed by atoms with van der Waals surface area (Å²) in [6, 6.07) is 14.5. The number of benzene rings is 2. The fourth-order valence-corrected chi connectivity index (χ4v) is 2.62. The Hall–Kier alpha value is -3.11. The van der Waals surface area contributed by atoms with Gasteiger partial charge in [0.2, 0.25) is 0 Å². The van der Waals surface area contributed by atoms with E-state index in [1.165, 1.54) is 54.6 Å². The van der Waals surface area contributed by atoms with Crippen molar-refractivity contribution in [2.24, 2.45) is 0 Å². The molecule has 0 aliphatic heterocycles. The maximum absolute atomic E-state index is 14.5. The van der Waals surface area contributed by atoms with E-state index in [1.54, 1.807) is 6.07 Å². The molecule has 0 bridgehead atoms. The Kier molecular flexibility index (Phi) is 5.49. The van der Waals surface area contributed by atoms with Gasteiger partial charge in [-0.25, -0.2) is 9.97 Å². The van der Waals surface area contributed by atoms with Crippen LogP contribution in [0.3, 0.4) is 0 Å². The fraction of sp³-hybridized carbons (Fsp3) is 0.200. The second-order valence-electron chi connectivity index (χ2n) is 6.42. The van der Waals surface area contributed by atoms with Gasteiger partial charge in [0, 0.05) is 11.1 Å². The highest BCUT2D eigenvalue weighted by molar-refractivity contribution is 5.64. The molecule has 1 heterocycles. The Morgan fingerprint density at radius 1 is 0.548 bits per heavy atom. The number of hydrogen-bond acceptors (Lipinski definition) is 2. The summed E-state index contributed by atoms with van der Waals surface area (Å²) in [5.74, 6) is -20.4. The van der Waals surface area contributed by atoms with Gasteiger partial charge in [0.15, 0.2) is 5.82 Å². The van der Waals surface area contributed by atoms with Gasteiger partial charge < -0.3 is 0 Å². The van der Waals surface area contributed by atoms with Crippen molar-refractivity contribution in [1.82, 2.24) is 9.97 Å². The third kappa shape index (κ3) is 3.84. The van der Waals surface area contributed by atoms with E-state index in [2.05, 4.69) is 9.97 Å². The zero-order valence-corrected chi connectivity index (χ0v) is 15.1. The molecule has 0 aliphatic rings. The van der Waals surface area contributed by atoms with Crippen molar-refractivity contribution >= 4 is 0 Å². The molecule has 0 atom stereocenters. The third-order valence-electron chi connectivity index (χ3n) is 4.29. The van der Waals surface area contributed by atoms with Crippen LogP contribution in [0.5, 0.6) is 0 Å². The molecule has 11 heteroatoms. The van der Waals surface area contributed by atoms with E-state index in [-0.39, 0.29) is 22.9 Å². The van der Waals surface area contributed by atoms with Gasteiger partial charge in [-0.15, -0.1) is 0 Å². The van der Waals surface area contributed by atoms with Crippen molar-refractivity contribution in [3.05, 3.63) is 72.4 Å². The fourth-order valence-electron chi connectivity index (χ4n) is 2.62. The Morgan fingerprint density at radius 3 is 1.52 bits per heavy atom. The van der Waals surface area contributed by atoms with E-state index in [4.69, 9.17) is 0 Å². The lowest BCUT2D eigenvalue weighted by molar-refractivity contribution is -0.400. The predicted molar refractivity (Wildman–Crippen MR) is 92.7 cm³/mol. The first-order valence-corrected chi connectivity index (χ1v) is 8.49. The van der Waals surface area contributed by atoms with Crippen molar-refractivity contribution in [3.8, 4) is 22.6 Å². The summed E-state index contributed by atoms with van der Waals surface area (Å²) < 4.78 is 121. The molecule has 0 saturated heterocycles. The lowest BCUT2D eigenvalue weighted by Crippen LogP contribution is -2.59. The SMILES string of the molecule is FC(F)(F)C(F)(F)C(F)(F)C(F)(F)c1cc(-c2ccccc2)nc(-c2ccccc2)n1. The Labute approximate surface area is 169 Å². The molecule has 0 spiro atoms. The van der Waals surface area contributed by atoms with Gasteiger partial charge in [-0.1, -0.05) is 60.7 Å². The van der Waals surface area contributed by atoms with Crippen LogP contribution < -0.4 is 0 Å². The predicted octanol–water partition coefficient (Wildman–Crippen LogP) is 6.74. The number of halogens is 9. The maximum atomic E-state index is 14.5. The van der Waals surface area contributed by atoms with Crippen LogP contribution in [0.1, 0.15) is 5.69 Å². The zero-order chi connectivity index (χ0) is 23.1. The number of rotatable bonds is 5. The summed E-state index contributed by atoms with van der Waals surface area (Å²) in [5.41, 5.74) is -2.15. The molecule has 0 radical (unpaired) electrons. The van der Waals surface area contributed by atoms with E-state index in [9.17, 15) is 39.5 Å². The second kappa shape index (κ2) is 7.54. The minimum atomic E-state index is -7.02. The van der Waals surface area contributed by atoms with Crippen LogP contribution in [-0.2, 0) is 5.92 Å². The molecule has 3 rings (SSSR count). The minimum absolute atomic E-state index is 0.0585. The van der Waals surface area contributed by atoms with Crippen molar-refractivity contribution in [2.45, 2.75) is 23.9 Å². The first-order valence-electron chi connectivity index (χ1n) is 8.49. The standard InChI is InChI=1S/C20H11F9N2/c21-17(22,18(23,24)19(25,26)20(27,28)29)15-11-14(12-7-3-1-4-8-12)30-16(31-15)13-9-5-2-6-10-13/h1-11H. The smallest absolute Gasteiger partial charge is 0.228 e. The highest BCUT2D eigenvalue weighted by Crippen LogP contribution is 2.56. The van der Waals surface area contributed by atoms with E-state index in [0.717, 1.165) is 0 Å². The summed E-state index contributed by atoms with van der Waals surface area (Å²) in [4.78, 5) is 7.20. The normalized spacial score (nSPS) is 13.3. The van der Waals surface area contributed by atoms with E-state index < -0.39 is 35.5 Å². The van der Waals surface area contributed by atoms with E-state index in [1.807, 2.05) is 0 Å². The van der Waals surface area contributed by atoms with Gasteiger partial charge in [-0.3, -0.25) is 0 Å². The molecule has 164 valence electrons.